The van der Waals surface area contributed by atoms with E-state index in [4.69, 9.17) is 4.52 Å². The van der Waals surface area contributed by atoms with Gasteiger partial charge in [0.1, 0.15) is 11.5 Å². The second kappa shape index (κ2) is 4.33. The molecule has 90 valence electrons. The zero-order chi connectivity index (χ0) is 12.4. The second-order valence-electron chi connectivity index (χ2n) is 3.82. The Bertz CT molecular complexity index is 672. The van der Waals surface area contributed by atoms with Crippen LogP contribution >= 0.6 is 0 Å². The van der Waals surface area contributed by atoms with Crippen LogP contribution in [0.25, 0.3) is 11.0 Å². The highest BCUT2D eigenvalue weighted by Crippen LogP contribution is 2.18. The summed E-state index contributed by atoms with van der Waals surface area (Å²) in [5.41, 5.74) is 1.31. The van der Waals surface area contributed by atoms with Gasteiger partial charge in [0.15, 0.2) is 5.58 Å². The number of hydrogen-bond donors (Lipinski definition) is 2. The largest absolute Gasteiger partial charge is 0.356 e. The summed E-state index contributed by atoms with van der Waals surface area (Å²) in [6.07, 6.45) is 1.73. The van der Waals surface area contributed by atoms with Crippen LogP contribution in [0.2, 0.25) is 0 Å². The van der Waals surface area contributed by atoms with Crippen LogP contribution in [0.15, 0.2) is 41.1 Å². The number of amides is 1. The lowest BCUT2D eigenvalue weighted by Crippen LogP contribution is -2.14. The molecular weight excluding hydrogens is 232 g/mol. The van der Waals surface area contributed by atoms with E-state index in [-0.39, 0.29) is 12.3 Å². The molecule has 0 atom stereocenters. The van der Waals surface area contributed by atoms with Gasteiger partial charge in [0, 0.05) is 11.5 Å². The Morgan fingerprint density at radius 3 is 3.06 bits per heavy atom. The lowest BCUT2D eigenvalue weighted by Gasteiger charge is -1.99. The first-order valence-corrected chi connectivity index (χ1v) is 5.45. The van der Waals surface area contributed by atoms with Crippen molar-refractivity contribution in [2.75, 3.05) is 5.32 Å². The van der Waals surface area contributed by atoms with Crippen molar-refractivity contribution in [2.24, 2.45) is 0 Å². The number of hydrogen-bond acceptors (Lipinski definition) is 4. The maximum absolute atomic E-state index is 11.8. The number of nitrogens with zero attached hydrogens (tertiary/aromatic N) is 2. The van der Waals surface area contributed by atoms with E-state index in [1.165, 1.54) is 0 Å². The standard InChI is InChI=1S/C12H10N4O2/c17-12(14-11-5-6-13-15-11)7-9-8-3-1-2-4-10(8)18-16-9/h1-6H,7H2,(H2,13,14,15,17). The van der Waals surface area contributed by atoms with Crippen LogP contribution in [0.3, 0.4) is 0 Å². The van der Waals surface area contributed by atoms with Crippen LogP contribution in [0.5, 0.6) is 0 Å². The predicted octanol–water partition coefficient (Wildman–Crippen LogP) is 1.73. The molecule has 1 aromatic carbocycles. The number of rotatable bonds is 3. The maximum Gasteiger partial charge on any atom is 0.231 e. The molecule has 6 heteroatoms. The fourth-order valence-electron chi connectivity index (χ4n) is 1.74. The van der Waals surface area contributed by atoms with E-state index in [1.807, 2.05) is 24.3 Å². The first-order chi connectivity index (χ1) is 8.83. The zero-order valence-electron chi connectivity index (χ0n) is 9.38. The summed E-state index contributed by atoms with van der Waals surface area (Å²) in [7, 11) is 0. The first kappa shape index (κ1) is 10.5. The summed E-state index contributed by atoms with van der Waals surface area (Å²) in [5.74, 6) is 0.395. The van der Waals surface area contributed by atoms with Gasteiger partial charge in [0.05, 0.1) is 12.6 Å². The van der Waals surface area contributed by atoms with Gasteiger partial charge in [-0.3, -0.25) is 9.89 Å². The molecule has 2 heterocycles. The second-order valence-corrected chi connectivity index (χ2v) is 3.82. The van der Waals surface area contributed by atoms with Crippen molar-refractivity contribution in [1.29, 1.82) is 0 Å². The minimum atomic E-state index is -0.168. The molecule has 0 spiro atoms. The Morgan fingerprint density at radius 2 is 2.22 bits per heavy atom. The van der Waals surface area contributed by atoms with Crippen LogP contribution in [-0.4, -0.2) is 21.3 Å². The van der Waals surface area contributed by atoms with E-state index >= 15 is 0 Å². The summed E-state index contributed by atoms with van der Waals surface area (Å²) in [5, 5.41) is 13.9. The number of fused-ring (bicyclic) bond motifs is 1. The summed E-state index contributed by atoms with van der Waals surface area (Å²) in [4.78, 5) is 11.8. The SMILES string of the molecule is O=C(Cc1noc2ccccc12)Nc1ccn[nH]1. The number of carbonyl (C=O) groups excluding carboxylic acids is 1. The van der Waals surface area contributed by atoms with E-state index in [2.05, 4.69) is 20.7 Å². The molecule has 3 rings (SSSR count). The molecule has 0 radical (unpaired) electrons. The Hall–Kier alpha value is -2.63. The average Bonchev–Trinajstić information content (AvgIpc) is 3.00. The van der Waals surface area contributed by atoms with Gasteiger partial charge in [-0.15, -0.1) is 0 Å². The number of aromatic amines is 1. The highest BCUT2D eigenvalue weighted by molar-refractivity contribution is 5.93. The number of anilines is 1. The van der Waals surface area contributed by atoms with Gasteiger partial charge in [-0.25, -0.2) is 0 Å². The van der Waals surface area contributed by atoms with Crippen molar-refractivity contribution < 1.29 is 9.32 Å². The lowest BCUT2D eigenvalue weighted by molar-refractivity contribution is -0.115. The minimum Gasteiger partial charge on any atom is -0.356 e. The van der Waals surface area contributed by atoms with Gasteiger partial charge in [0.25, 0.3) is 0 Å². The third-order valence-corrected chi connectivity index (χ3v) is 2.55. The molecule has 2 aromatic heterocycles. The molecule has 3 aromatic rings. The fourth-order valence-corrected chi connectivity index (χ4v) is 1.74. The van der Waals surface area contributed by atoms with Gasteiger partial charge in [0.2, 0.25) is 5.91 Å². The van der Waals surface area contributed by atoms with E-state index in [9.17, 15) is 4.79 Å². The highest BCUT2D eigenvalue weighted by atomic mass is 16.5. The molecule has 0 bridgehead atoms. The Balaban J connectivity index is 1.78. The molecule has 0 unspecified atom stereocenters. The van der Waals surface area contributed by atoms with Gasteiger partial charge in [-0.1, -0.05) is 17.3 Å². The van der Waals surface area contributed by atoms with E-state index in [1.54, 1.807) is 12.3 Å². The topological polar surface area (TPSA) is 83.8 Å². The summed E-state index contributed by atoms with van der Waals surface area (Å²) >= 11 is 0. The lowest BCUT2D eigenvalue weighted by atomic mass is 10.1. The Kier molecular flexibility index (Phi) is 2.53. The smallest absolute Gasteiger partial charge is 0.231 e. The normalized spacial score (nSPS) is 10.7. The molecule has 0 aliphatic carbocycles. The van der Waals surface area contributed by atoms with Gasteiger partial charge in [-0.2, -0.15) is 5.10 Å². The number of para-hydroxylation sites is 1. The van der Waals surface area contributed by atoms with E-state index in [0.717, 1.165) is 5.39 Å². The minimum absolute atomic E-state index is 0.163. The van der Waals surface area contributed by atoms with Crippen LogP contribution in [-0.2, 0) is 11.2 Å². The summed E-state index contributed by atoms with van der Waals surface area (Å²) < 4.78 is 5.13. The molecule has 1 amide bonds. The monoisotopic (exact) mass is 242 g/mol. The third kappa shape index (κ3) is 1.95. The number of H-pyrrole nitrogens is 1. The number of aromatic nitrogens is 3. The highest BCUT2D eigenvalue weighted by Gasteiger charge is 2.12. The zero-order valence-corrected chi connectivity index (χ0v) is 9.38. The number of carbonyl (C=O) groups is 1. The van der Waals surface area contributed by atoms with E-state index in [0.29, 0.717) is 17.1 Å². The van der Waals surface area contributed by atoms with Crippen molar-refractivity contribution in [1.82, 2.24) is 15.4 Å². The van der Waals surface area contributed by atoms with Gasteiger partial charge in [-0.05, 0) is 12.1 Å². The third-order valence-electron chi connectivity index (χ3n) is 2.55. The number of nitrogens with one attached hydrogen (secondary N) is 2. The maximum atomic E-state index is 11.8. The molecule has 18 heavy (non-hydrogen) atoms. The Morgan fingerprint density at radius 1 is 1.33 bits per heavy atom. The molecule has 0 fully saturated rings. The van der Waals surface area contributed by atoms with Crippen molar-refractivity contribution in [3.63, 3.8) is 0 Å². The van der Waals surface area contributed by atoms with E-state index < -0.39 is 0 Å². The summed E-state index contributed by atoms with van der Waals surface area (Å²) in [6.45, 7) is 0. The molecule has 0 saturated carbocycles. The molecule has 0 aliphatic rings. The van der Waals surface area contributed by atoms with Gasteiger partial charge < -0.3 is 9.84 Å². The fraction of sp³-hybridized carbons (Fsp3) is 0.0833. The number of benzene rings is 1. The molecular formula is C12H10N4O2. The molecule has 2 N–H and O–H groups in total. The predicted molar refractivity (Wildman–Crippen MR) is 64.9 cm³/mol. The average molecular weight is 242 g/mol. The van der Waals surface area contributed by atoms with Crippen molar-refractivity contribution >= 4 is 22.7 Å². The first-order valence-electron chi connectivity index (χ1n) is 5.45. The molecule has 0 saturated heterocycles. The van der Waals surface area contributed by atoms with Crippen molar-refractivity contribution in [2.45, 2.75) is 6.42 Å². The van der Waals surface area contributed by atoms with Gasteiger partial charge >= 0.3 is 0 Å². The van der Waals surface area contributed by atoms with Crippen LogP contribution in [0.4, 0.5) is 5.82 Å². The van der Waals surface area contributed by atoms with Crippen LogP contribution in [0.1, 0.15) is 5.69 Å². The van der Waals surface area contributed by atoms with Crippen LogP contribution < -0.4 is 5.32 Å². The summed E-state index contributed by atoms with van der Waals surface area (Å²) in [6, 6.07) is 9.12. The molecule has 6 nitrogen and oxygen atoms in total. The van der Waals surface area contributed by atoms with Crippen molar-refractivity contribution in [3.8, 4) is 0 Å². The van der Waals surface area contributed by atoms with Crippen LogP contribution in [0, 0.1) is 0 Å². The van der Waals surface area contributed by atoms with Crippen molar-refractivity contribution in [3.05, 3.63) is 42.2 Å². The Labute approximate surface area is 102 Å². The quantitative estimate of drug-likeness (QED) is 0.732. The molecule has 0 aliphatic heterocycles.